The largest absolute Gasteiger partial charge is 0.367 e. The van der Waals surface area contributed by atoms with Gasteiger partial charge in [-0.05, 0) is 31.0 Å². The number of Topliss-reactive ketones (excluding diaryl/α,β-unsaturated/α-hetero) is 2. The SMILES string of the molecule is CC(=O)N(C1=C(N2CCCC2)C(=O)c2ccccc2C1=O)c1cccc(F)c1. The van der Waals surface area contributed by atoms with Crippen molar-refractivity contribution in [3.63, 3.8) is 0 Å². The lowest BCUT2D eigenvalue weighted by atomic mass is 9.89. The number of allylic oxidation sites excluding steroid dienone is 2. The van der Waals surface area contributed by atoms with E-state index in [9.17, 15) is 18.8 Å². The van der Waals surface area contributed by atoms with Gasteiger partial charge in [-0.25, -0.2) is 4.39 Å². The number of fused-ring (bicyclic) bond motifs is 1. The smallest absolute Gasteiger partial charge is 0.228 e. The molecule has 1 aliphatic heterocycles. The molecule has 1 saturated heterocycles. The summed E-state index contributed by atoms with van der Waals surface area (Å²) in [5.74, 6) is -1.67. The molecule has 1 fully saturated rings. The van der Waals surface area contributed by atoms with Gasteiger partial charge in [-0.1, -0.05) is 30.3 Å². The Balaban J connectivity index is 1.97. The molecule has 0 spiro atoms. The Bertz CT molecular complexity index is 1020. The van der Waals surface area contributed by atoms with Crippen molar-refractivity contribution in [3.05, 3.63) is 76.9 Å². The van der Waals surface area contributed by atoms with Gasteiger partial charge < -0.3 is 4.90 Å². The average molecular weight is 378 g/mol. The maximum Gasteiger partial charge on any atom is 0.228 e. The van der Waals surface area contributed by atoms with Crippen LogP contribution in [0.3, 0.4) is 0 Å². The molecule has 28 heavy (non-hydrogen) atoms. The van der Waals surface area contributed by atoms with Crippen molar-refractivity contribution in [3.8, 4) is 0 Å². The number of rotatable bonds is 3. The second-order valence-corrected chi connectivity index (χ2v) is 6.93. The molecule has 1 amide bonds. The van der Waals surface area contributed by atoms with Gasteiger partial charge in [0.15, 0.2) is 0 Å². The molecular formula is C22H19FN2O3. The molecule has 0 bridgehead atoms. The number of ketones is 2. The third kappa shape index (κ3) is 2.91. The quantitative estimate of drug-likeness (QED) is 0.819. The Morgan fingerprint density at radius 1 is 0.964 bits per heavy atom. The molecule has 5 nitrogen and oxygen atoms in total. The van der Waals surface area contributed by atoms with Gasteiger partial charge in [0.05, 0.1) is 5.69 Å². The zero-order chi connectivity index (χ0) is 19.8. The van der Waals surface area contributed by atoms with Gasteiger partial charge in [0.1, 0.15) is 17.2 Å². The zero-order valence-corrected chi connectivity index (χ0v) is 15.4. The van der Waals surface area contributed by atoms with E-state index in [1.54, 1.807) is 30.3 Å². The third-order valence-electron chi connectivity index (χ3n) is 5.10. The fourth-order valence-electron chi connectivity index (χ4n) is 3.87. The summed E-state index contributed by atoms with van der Waals surface area (Å²) >= 11 is 0. The molecule has 2 aliphatic rings. The molecule has 142 valence electrons. The lowest BCUT2D eigenvalue weighted by molar-refractivity contribution is -0.116. The minimum Gasteiger partial charge on any atom is -0.367 e. The van der Waals surface area contributed by atoms with E-state index < -0.39 is 17.5 Å². The van der Waals surface area contributed by atoms with Crippen LogP contribution < -0.4 is 4.90 Å². The first-order valence-corrected chi connectivity index (χ1v) is 9.23. The molecule has 0 aromatic heterocycles. The van der Waals surface area contributed by atoms with E-state index in [2.05, 4.69) is 0 Å². The van der Waals surface area contributed by atoms with Crippen LogP contribution in [-0.2, 0) is 4.79 Å². The summed E-state index contributed by atoms with van der Waals surface area (Å²) < 4.78 is 13.9. The molecule has 6 heteroatoms. The van der Waals surface area contributed by atoms with Gasteiger partial charge in [0.2, 0.25) is 17.5 Å². The highest BCUT2D eigenvalue weighted by molar-refractivity contribution is 6.29. The molecule has 2 aromatic carbocycles. The maximum atomic E-state index is 13.9. The van der Waals surface area contributed by atoms with Crippen LogP contribution in [0, 0.1) is 5.82 Å². The number of benzene rings is 2. The normalized spacial score (nSPS) is 16.4. The molecule has 0 radical (unpaired) electrons. The first-order chi connectivity index (χ1) is 13.5. The number of carbonyl (C=O) groups is 3. The number of carbonyl (C=O) groups excluding carboxylic acids is 3. The summed E-state index contributed by atoms with van der Waals surface area (Å²) in [4.78, 5) is 42.3. The van der Waals surface area contributed by atoms with Gasteiger partial charge in [0.25, 0.3) is 0 Å². The lowest BCUT2D eigenvalue weighted by Crippen LogP contribution is -2.41. The average Bonchev–Trinajstić information content (AvgIpc) is 3.20. The number of hydrogen-bond acceptors (Lipinski definition) is 4. The molecule has 0 unspecified atom stereocenters. The van der Waals surface area contributed by atoms with E-state index in [1.807, 2.05) is 4.90 Å². The number of halogens is 1. The molecule has 1 heterocycles. The number of anilines is 1. The number of hydrogen-bond donors (Lipinski definition) is 0. The van der Waals surface area contributed by atoms with Crippen LogP contribution in [0.15, 0.2) is 59.9 Å². The molecule has 0 atom stereocenters. The van der Waals surface area contributed by atoms with Crippen LogP contribution in [-0.4, -0.2) is 35.5 Å². The summed E-state index contributed by atoms with van der Waals surface area (Å²) in [6, 6.07) is 12.1. The second-order valence-electron chi connectivity index (χ2n) is 6.93. The van der Waals surface area contributed by atoms with Crippen LogP contribution in [0.1, 0.15) is 40.5 Å². The topological polar surface area (TPSA) is 57.7 Å². The predicted octanol–water partition coefficient (Wildman–Crippen LogP) is 3.57. The van der Waals surface area contributed by atoms with E-state index in [-0.39, 0.29) is 28.4 Å². The molecule has 4 rings (SSSR count). The summed E-state index contributed by atoms with van der Waals surface area (Å²) in [7, 11) is 0. The van der Waals surface area contributed by atoms with Crippen LogP contribution in [0.25, 0.3) is 0 Å². The first kappa shape index (κ1) is 18.1. The Morgan fingerprint density at radius 3 is 2.21 bits per heavy atom. The van der Waals surface area contributed by atoms with Gasteiger partial charge >= 0.3 is 0 Å². The second kappa shape index (κ2) is 7.03. The third-order valence-corrected chi connectivity index (χ3v) is 5.10. The van der Waals surface area contributed by atoms with Gasteiger partial charge in [-0.15, -0.1) is 0 Å². The summed E-state index contributed by atoms with van der Waals surface area (Å²) in [6.45, 7) is 2.57. The van der Waals surface area contributed by atoms with Crippen molar-refractivity contribution in [2.24, 2.45) is 0 Å². The number of nitrogens with zero attached hydrogens (tertiary/aromatic N) is 2. The van der Waals surface area contributed by atoms with Gasteiger partial charge in [0, 0.05) is 31.1 Å². The van der Waals surface area contributed by atoms with Gasteiger partial charge in [-0.2, -0.15) is 0 Å². The summed E-state index contributed by atoms with van der Waals surface area (Å²) in [5, 5.41) is 0. The van der Waals surface area contributed by atoms with E-state index in [4.69, 9.17) is 0 Å². The molecule has 2 aromatic rings. The van der Waals surface area contributed by atoms with Crippen molar-refractivity contribution in [1.82, 2.24) is 4.90 Å². The fourth-order valence-corrected chi connectivity index (χ4v) is 3.87. The summed E-state index contributed by atoms with van der Waals surface area (Å²) in [5.41, 5.74) is 1.04. The number of amides is 1. The van der Waals surface area contributed by atoms with Crippen LogP contribution in [0.2, 0.25) is 0 Å². The highest BCUT2D eigenvalue weighted by Crippen LogP contribution is 2.34. The van der Waals surface area contributed by atoms with Crippen molar-refractivity contribution in [2.75, 3.05) is 18.0 Å². The Labute approximate surface area is 162 Å². The van der Waals surface area contributed by atoms with Crippen molar-refractivity contribution in [1.29, 1.82) is 0 Å². The van der Waals surface area contributed by atoms with Crippen molar-refractivity contribution >= 4 is 23.2 Å². The van der Waals surface area contributed by atoms with E-state index in [0.717, 1.165) is 17.7 Å². The fraction of sp³-hybridized carbons (Fsp3) is 0.227. The van der Waals surface area contributed by atoms with E-state index in [1.165, 1.54) is 25.1 Å². The Morgan fingerprint density at radius 2 is 1.61 bits per heavy atom. The molecule has 0 saturated carbocycles. The standard InChI is InChI=1S/C22H19FN2O3/c1-14(26)25(16-8-6-7-15(23)13-16)20-19(24-11-4-5-12-24)21(27)17-9-2-3-10-18(17)22(20)28/h2-3,6-10,13H,4-5,11-12H2,1H3. The minimum absolute atomic E-state index is 0.00343. The highest BCUT2D eigenvalue weighted by atomic mass is 19.1. The Hall–Kier alpha value is -3.28. The highest BCUT2D eigenvalue weighted by Gasteiger charge is 2.40. The van der Waals surface area contributed by atoms with Gasteiger partial charge in [-0.3, -0.25) is 19.3 Å². The van der Waals surface area contributed by atoms with E-state index >= 15 is 0 Å². The number of likely N-dealkylation sites (tertiary alicyclic amines) is 1. The Kier molecular flexibility index (Phi) is 4.55. The van der Waals surface area contributed by atoms with Crippen LogP contribution >= 0.6 is 0 Å². The van der Waals surface area contributed by atoms with Crippen LogP contribution in [0.5, 0.6) is 0 Å². The van der Waals surface area contributed by atoms with E-state index in [0.29, 0.717) is 18.7 Å². The van der Waals surface area contributed by atoms with Crippen molar-refractivity contribution < 1.29 is 18.8 Å². The maximum absolute atomic E-state index is 13.9. The minimum atomic E-state index is -0.526. The predicted molar refractivity (Wildman–Crippen MR) is 102 cm³/mol. The lowest BCUT2D eigenvalue weighted by Gasteiger charge is -2.33. The summed E-state index contributed by atoms with van der Waals surface area (Å²) in [6.07, 6.45) is 1.81. The monoisotopic (exact) mass is 378 g/mol. The molecule has 1 aliphatic carbocycles. The molecule has 0 N–H and O–H groups in total. The van der Waals surface area contributed by atoms with Crippen LogP contribution in [0.4, 0.5) is 10.1 Å². The first-order valence-electron chi connectivity index (χ1n) is 9.23. The molecular weight excluding hydrogens is 359 g/mol. The zero-order valence-electron chi connectivity index (χ0n) is 15.4. The van der Waals surface area contributed by atoms with Crippen molar-refractivity contribution in [2.45, 2.75) is 19.8 Å².